The molecule has 31 heavy (non-hydrogen) atoms. The van der Waals surface area contributed by atoms with Gasteiger partial charge in [-0.15, -0.1) is 0 Å². The van der Waals surface area contributed by atoms with Gasteiger partial charge in [0, 0.05) is 49.4 Å². The molecule has 0 unspecified atom stereocenters. The lowest BCUT2D eigenvalue weighted by atomic mass is 10.1. The van der Waals surface area contributed by atoms with Gasteiger partial charge in [0.15, 0.2) is 0 Å². The van der Waals surface area contributed by atoms with Crippen molar-refractivity contribution in [2.75, 3.05) is 0 Å². The van der Waals surface area contributed by atoms with Crippen molar-refractivity contribution in [1.29, 1.82) is 0 Å². The van der Waals surface area contributed by atoms with Gasteiger partial charge in [0.1, 0.15) is 17.2 Å². The summed E-state index contributed by atoms with van der Waals surface area (Å²) in [6, 6.07) is 7.76. The Morgan fingerprint density at radius 3 is 2.84 bits per heavy atom. The van der Waals surface area contributed by atoms with Crippen LogP contribution >= 0.6 is 0 Å². The summed E-state index contributed by atoms with van der Waals surface area (Å²) >= 11 is 0. The van der Waals surface area contributed by atoms with Gasteiger partial charge in [-0.1, -0.05) is 6.07 Å². The molecule has 0 aromatic carbocycles. The van der Waals surface area contributed by atoms with Crippen LogP contribution in [0.2, 0.25) is 0 Å². The summed E-state index contributed by atoms with van der Waals surface area (Å²) in [5, 5.41) is 9.09. The first kappa shape index (κ1) is 17.9. The van der Waals surface area contributed by atoms with Gasteiger partial charge in [-0.05, 0) is 37.8 Å². The van der Waals surface area contributed by atoms with Crippen molar-refractivity contribution >= 4 is 23.1 Å². The van der Waals surface area contributed by atoms with E-state index in [1.165, 1.54) is 18.6 Å². The van der Waals surface area contributed by atoms with Crippen molar-refractivity contribution in [2.24, 2.45) is 23.1 Å². The smallest absolute Gasteiger partial charge is 0.237 e. The Morgan fingerprint density at radius 1 is 1.13 bits per heavy atom. The van der Waals surface area contributed by atoms with E-state index in [0.717, 1.165) is 46.2 Å². The van der Waals surface area contributed by atoms with Gasteiger partial charge in [-0.2, -0.15) is 15.2 Å². The monoisotopic (exact) mass is 411 g/mol. The molecule has 0 amide bonds. The SMILES string of the molecule is Cc1cn2c(N=C3CC(C4CC4)=NN3)nc(-c3cn(C)nc3-c3ccccn3)cc2n1. The number of imidazole rings is 1. The topological polar surface area (TPSA) is 97.7 Å². The van der Waals surface area contributed by atoms with Crippen LogP contribution in [-0.4, -0.2) is 40.7 Å². The van der Waals surface area contributed by atoms with Gasteiger partial charge in [0.25, 0.3) is 0 Å². The van der Waals surface area contributed by atoms with E-state index in [9.17, 15) is 0 Å². The fraction of sp³-hybridized carbons (Fsp3) is 0.273. The maximum absolute atomic E-state index is 4.90. The summed E-state index contributed by atoms with van der Waals surface area (Å²) in [5.41, 5.74) is 9.20. The van der Waals surface area contributed by atoms with E-state index in [4.69, 9.17) is 9.98 Å². The highest BCUT2D eigenvalue weighted by Crippen LogP contribution is 2.34. The minimum absolute atomic E-state index is 0.568. The zero-order chi connectivity index (χ0) is 20.9. The van der Waals surface area contributed by atoms with Crippen LogP contribution < -0.4 is 5.43 Å². The fourth-order valence-electron chi connectivity index (χ4n) is 3.90. The van der Waals surface area contributed by atoms with E-state index >= 15 is 0 Å². The van der Waals surface area contributed by atoms with Crippen LogP contribution in [0, 0.1) is 12.8 Å². The van der Waals surface area contributed by atoms with Gasteiger partial charge in [-0.3, -0.25) is 19.5 Å². The normalized spacial score (nSPS) is 17.4. The number of pyridine rings is 1. The quantitative estimate of drug-likeness (QED) is 0.556. The molecule has 9 heteroatoms. The molecule has 6 rings (SSSR count). The highest BCUT2D eigenvalue weighted by molar-refractivity contribution is 6.09. The molecule has 1 aliphatic carbocycles. The molecule has 0 atom stereocenters. The van der Waals surface area contributed by atoms with Crippen molar-refractivity contribution in [3.63, 3.8) is 0 Å². The number of hydrogen-bond acceptors (Lipinski definition) is 6. The zero-order valence-electron chi connectivity index (χ0n) is 17.3. The number of hydrogen-bond donors (Lipinski definition) is 1. The molecule has 1 saturated carbocycles. The molecule has 5 heterocycles. The van der Waals surface area contributed by atoms with Gasteiger partial charge in [0.2, 0.25) is 5.95 Å². The van der Waals surface area contributed by atoms with Crippen molar-refractivity contribution in [3.8, 4) is 22.6 Å². The van der Waals surface area contributed by atoms with Crippen LogP contribution in [-0.2, 0) is 7.05 Å². The van der Waals surface area contributed by atoms with Gasteiger partial charge < -0.3 is 0 Å². The Labute approximate surface area is 178 Å². The average Bonchev–Trinajstić information content (AvgIpc) is 3.19. The molecule has 2 aliphatic rings. The summed E-state index contributed by atoms with van der Waals surface area (Å²) < 4.78 is 3.70. The van der Waals surface area contributed by atoms with Crippen LogP contribution in [0.5, 0.6) is 0 Å². The number of hydrazone groups is 1. The van der Waals surface area contributed by atoms with E-state index in [-0.39, 0.29) is 0 Å². The van der Waals surface area contributed by atoms with Crippen molar-refractivity contribution in [1.82, 2.24) is 34.6 Å². The Morgan fingerprint density at radius 2 is 2.03 bits per heavy atom. The number of aliphatic imine (C=N–C) groups is 1. The number of amidine groups is 1. The van der Waals surface area contributed by atoms with Crippen LogP contribution in [0.1, 0.15) is 25.0 Å². The largest absolute Gasteiger partial charge is 0.274 e. The molecule has 4 aromatic rings. The second-order valence-electron chi connectivity index (χ2n) is 8.06. The molecule has 0 bridgehead atoms. The lowest BCUT2D eigenvalue weighted by Gasteiger charge is -2.06. The Bertz CT molecular complexity index is 1360. The number of aryl methyl sites for hydroxylation is 2. The van der Waals surface area contributed by atoms with Crippen molar-refractivity contribution in [2.45, 2.75) is 26.2 Å². The van der Waals surface area contributed by atoms with E-state index < -0.39 is 0 Å². The molecular weight excluding hydrogens is 390 g/mol. The highest BCUT2D eigenvalue weighted by Gasteiger charge is 2.31. The fourth-order valence-corrected chi connectivity index (χ4v) is 3.90. The lowest BCUT2D eigenvalue weighted by Crippen LogP contribution is -2.11. The maximum Gasteiger partial charge on any atom is 0.237 e. The first-order valence-electron chi connectivity index (χ1n) is 10.4. The van der Waals surface area contributed by atoms with E-state index in [0.29, 0.717) is 11.9 Å². The number of aromatic nitrogens is 6. The third-order valence-corrected chi connectivity index (χ3v) is 5.53. The van der Waals surface area contributed by atoms with Crippen molar-refractivity contribution in [3.05, 3.63) is 48.5 Å². The molecule has 1 N–H and O–H groups in total. The summed E-state index contributed by atoms with van der Waals surface area (Å²) in [6.07, 6.45) is 8.87. The summed E-state index contributed by atoms with van der Waals surface area (Å²) in [4.78, 5) is 18.8. The third kappa shape index (κ3) is 3.27. The molecule has 4 aromatic heterocycles. The maximum atomic E-state index is 4.90. The van der Waals surface area contributed by atoms with Crippen LogP contribution in [0.4, 0.5) is 5.95 Å². The van der Waals surface area contributed by atoms with E-state index in [1.807, 2.05) is 55.0 Å². The predicted molar refractivity (Wildman–Crippen MR) is 118 cm³/mol. The van der Waals surface area contributed by atoms with Gasteiger partial charge >= 0.3 is 0 Å². The first-order valence-corrected chi connectivity index (χ1v) is 10.4. The Hall–Kier alpha value is -3.88. The summed E-state index contributed by atoms with van der Waals surface area (Å²) in [5.74, 6) is 2.00. The lowest BCUT2D eigenvalue weighted by molar-refractivity contribution is 0.770. The number of fused-ring (bicyclic) bond motifs is 1. The van der Waals surface area contributed by atoms with E-state index in [1.54, 1.807) is 10.9 Å². The van der Waals surface area contributed by atoms with Gasteiger partial charge in [-0.25, -0.2) is 9.97 Å². The van der Waals surface area contributed by atoms with Crippen LogP contribution in [0.3, 0.4) is 0 Å². The third-order valence-electron chi connectivity index (χ3n) is 5.53. The zero-order valence-corrected chi connectivity index (χ0v) is 17.3. The second-order valence-corrected chi connectivity index (χ2v) is 8.06. The summed E-state index contributed by atoms with van der Waals surface area (Å²) in [6.45, 7) is 1.97. The second kappa shape index (κ2) is 6.83. The molecule has 0 saturated heterocycles. The predicted octanol–water partition coefficient (Wildman–Crippen LogP) is 3.29. The van der Waals surface area contributed by atoms with Crippen LogP contribution in [0.25, 0.3) is 28.3 Å². The number of rotatable bonds is 4. The standard InChI is InChI=1S/C22H21N9/c1-13-11-31-20(24-13)10-18(15-12-30(2)29-21(15)16-5-3-4-8-23-16)25-22(31)26-19-9-17(27-28-19)14-6-7-14/h3-5,8,10-12,14H,6-7,9H2,1-2H3,(H,25,26,28). The average molecular weight is 411 g/mol. The molecule has 0 spiro atoms. The van der Waals surface area contributed by atoms with Crippen LogP contribution in [0.15, 0.2) is 52.9 Å². The first-order chi connectivity index (χ1) is 15.1. The molecular formula is C22H21N9. The molecule has 1 fully saturated rings. The minimum Gasteiger partial charge on any atom is -0.274 e. The molecule has 0 radical (unpaired) electrons. The Kier molecular flexibility index (Phi) is 3.95. The minimum atomic E-state index is 0.568. The van der Waals surface area contributed by atoms with E-state index in [2.05, 4.69) is 25.6 Å². The molecule has 154 valence electrons. The summed E-state index contributed by atoms with van der Waals surface area (Å²) in [7, 11) is 1.90. The Balaban J connectivity index is 1.47. The number of nitrogens with one attached hydrogen (secondary N) is 1. The van der Waals surface area contributed by atoms with Gasteiger partial charge in [0.05, 0.1) is 17.1 Å². The molecule has 9 nitrogen and oxygen atoms in total. The number of nitrogens with zero attached hydrogens (tertiary/aromatic N) is 8. The van der Waals surface area contributed by atoms with Crippen molar-refractivity contribution < 1.29 is 0 Å². The molecule has 1 aliphatic heterocycles. The highest BCUT2D eigenvalue weighted by atomic mass is 15.4.